The number of phenols is 1. The van der Waals surface area contributed by atoms with Crippen LogP contribution in [0.5, 0.6) is 17.2 Å². The number of aromatic hydroxyl groups is 1. The smallest absolute Gasteiger partial charge is 0.161 e. The summed E-state index contributed by atoms with van der Waals surface area (Å²) in [6.07, 6.45) is 0.701. The summed E-state index contributed by atoms with van der Waals surface area (Å²) in [7, 11) is 3.23. The number of ether oxygens (including phenoxy) is 2. The van der Waals surface area contributed by atoms with Crippen molar-refractivity contribution >= 4 is 5.71 Å². The van der Waals surface area contributed by atoms with Gasteiger partial charge in [-0.25, -0.2) is 0 Å². The van der Waals surface area contributed by atoms with Gasteiger partial charge in [-0.15, -0.1) is 0 Å². The minimum Gasteiger partial charge on any atom is -0.507 e. The van der Waals surface area contributed by atoms with Crippen LogP contribution in [0, 0.1) is 0 Å². The summed E-state index contributed by atoms with van der Waals surface area (Å²) in [6, 6.07) is 13.1. The summed E-state index contributed by atoms with van der Waals surface area (Å²) in [6.45, 7) is 0. The average molecular weight is 298 g/mol. The summed E-state index contributed by atoms with van der Waals surface area (Å²) >= 11 is 0. The molecule has 2 N–H and O–H groups in total. The largest absolute Gasteiger partial charge is 0.507 e. The molecular formula is C17H18N2O3. The van der Waals surface area contributed by atoms with Crippen LogP contribution in [0.4, 0.5) is 0 Å². The first-order valence-corrected chi connectivity index (χ1v) is 7.05. The summed E-state index contributed by atoms with van der Waals surface area (Å²) in [5, 5.41) is 14.3. The molecule has 1 unspecified atom stereocenters. The van der Waals surface area contributed by atoms with Gasteiger partial charge in [-0.1, -0.05) is 18.2 Å². The maximum atomic E-state index is 9.93. The quantitative estimate of drug-likeness (QED) is 0.911. The first kappa shape index (κ1) is 14.3. The first-order chi connectivity index (χ1) is 10.7. The number of benzene rings is 2. The Kier molecular flexibility index (Phi) is 3.87. The van der Waals surface area contributed by atoms with Gasteiger partial charge in [0.15, 0.2) is 11.5 Å². The van der Waals surface area contributed by atoms with Crippen LogP contribution in [0.1, 0.15) is 23.6 Å². The molecule has 2 aromatic rings. The number of methoxy groups -OCH3 is 2. The Morgan fingerprint density at radius 1 is 1.09 bits per heavy atom. The fraction of sp³-hybridized carbons (Fsp3) is 0.235. The highest BCUT2D eigenvalue weighted by Crippen LogP contribution is 2.33. The van der Waals surface area contributed by atoms with Gasteiger partial charge in [-0.2, -0.15) is 5.10 Å². The molecule has 5 heteroatoms. The Labute approximate surface area is 129 Å². The van der Waals surface area contributed by atoms with E-state index in [1.165, 1.54) is 0 Å². The summed E-state index contributed by atoms with van der Waals surface area (Å²) in [4.78, 5) is 0. The van der Waals surface area contributed by atoms with E-state index in [1.54, 1.807) is 26.4 Å². The number of rotatable bonds is 4. The van der Waals surface area contributed by atoms with Gasteiger partial charge in [0.05, 0.1) is 26.0 Å². The zero-order chi connectivity index (χ0) is 15.5. The van der Waals surface area contributed by atoms with Crippen molar-refractivity contribution < 1.29 is 14.6 Å². The molecule has 22 heavy (non-hydrogen) atoms. The van der Waals surface area contributed by atoms with Crippen LogP contribution >= 0.6 is 0 Å². The van der Waals surface area contributed by atoms with E-state index in [0.29, 0.717) is 17.9 Å². The number of para-hydroxylation sites is 1. The molecule has 0 saturated heterocycles. The zero-order valence-corrected chi connectivity index (χ0v) is 12.5. The molecule has 0 fully saturated rings. The molecule has 0 aromatic heterocycles. The van der Waals surface area contributed by atoms with Crippen molar-refractivity contribution in [3.8, 4) is 17.2 Å². The molecule has 5 nitrogen and oxygen atoms in total. The lowest BCUT2D eigenvalue weighted by atomic mass is 9.98. The SMILES string of the molecule is COc1ccc(C2CC(c3ccccc3O)=NN2)cc1OC. The topological polar surface area (TPSA) is 63.1 Å². The average Bonchev–Trinajstić information content (AvgIpc) is 3.04. The van der Waals surface area contributed by atoms with Crippen molar-refractivity contribution in [1.29, 1.82) is 0 Å². The van der Waals surface area contributed by atoms with Crippen molar-refractivity contribution in [1.82, 2.24) is 5.43 Å². The van der Waals surface area contributed by atoms with E-state index >= 15 is 0 Å². The highest BCUT2D eigenvalue weighted by atomic mass is 16.5. The monoisotopic (exact) mass is 298 g/mol. The molecule has 0 saturated carbocycles. The van der Waals surface area contributed by atoms with Gasteiger partial charge >= 0.3 is 0 Å². The lowest BCUT2D eigenvalue weighted by Crippen LogP contribution is -2.10. The molecule has 2 aromatic carbocycles. The minimum atomic E-state index is 0.0504. The Morgan fingerprint density at radius 3 is 2.59 bits per heavy atom. The maximum absolute atomic E-state index is 9.93. The normalized spacial score (nSPS) is 16.8. The van der Waals surface area contributed by atoms with E-state index in [0.717, 1.165) is 16.8 Å². The molecule has 0 bridgehead atoms. The number of nitrogens with one attached hydrogen (secondary N) is 1. The fourth-order valence-electron chi connectivity index (χ4n) is 2.59. The summed E-state index contributed by atoms with van der Waals surface area (Å²) < 4.78 is 10.6. The number of nitrogens with zero attached hydrogens (tertiary/aromatic N) is 1. The lowest BCUT2D eigenvalue weighted by Gasteiger charge is -2.14. The second-order valence-corrected chi connectivity index (χ2v) is 5.08. The third-order valence-corrected chi connectivity index (χ3v) is 3.78. The molecule has 0 spiro atoms. The lowest BCUT2D eigenvalue weighted by molar-refractivity contribution is 0.354. The van der Waals surface area contributed by atoms with Gasteiger partial charge in [-0.3, -0.25) is 0 Å². The van der Waals surface area contributed by atoms with Gasteiger partial charge in [-0.05, 0) is 29.8 Å². The third-order valence-electron chi connectivity index (χ3n) is 3.78. The van der Waals surface area contributed by atoms with Crippen molar-refractivity contribution in [3.05, 3.63) is 53.6 Å². The van der Waals surface area contributed by atoms with E-state index in [2.05, 4.69) is 10.5 Å². The van der Waals surface area contributed by atoms with E-state index in [4.69, 9.17) is 9.47 Å². The maximum Gasteiger partial charge on any atom is 0.161 e. The molecule has 1 atom stereocenters. The van der Waals surface area contributed by atoms with Crippen LogP contribution in [-0.4, -0.2) is 25.0 Å². The Bertz CT molecular complexity index is 713. The highest BCUT2D eigenvalue weighted by molar-refractivity contribution is 6.03. The van der Waals surface area contributed by atoms with E-state index in [1.807, 2.05) is 30.3 Å². The van der Waals surface area contributed by atoms with Crippen LogP contribution < -0.4 is 14.9 Å². The van der Waals surface area contributed by atoms with E-state index < -0.39 is 0 Å². The zero-order valence-electron chi connectivity index (χ0n) is 12.5. The van der Waals surface area contributed by atoms with Crippen LogP contribution in [0.25, 0.3) is 0 Å². The Morgan fingerprint density at radius 2 is 1.86 bits per heavy atom. The Hall–Kier alpha value is -2.69. The van der Waals surface area contributed by atoms with Crippen LogP contribution in [0.15, 0.2) is 47.6 Å². The molecule has 1 heterocycles. The Balaban J connectivity index is 1.81. The van der Waals surface area contributed by atoms with E-state index in [-0.39, 0.29) is 11.8 Å². The molecule has 3 rings (SSSR count). The second kappa shape index (κ2) is 5.97. The van der Waals surface area contributed by atoms with Crippen molar-refractivity contribution in [2.24, 2.45) is 5.10 Å². The van der Waals surface area contributed by atoms with E-state index in [9.17, 15) is 5.11 Å². The number of phenolic OH excluding ortho intramolecular Hbond substituents is 1. The van der Waals surface area contributed by atoms with Crippen molar-refractivity contribution in [2.75, 3.05) is 14.2 Å². The molecule has 114 valence electrons. The van der Waals surface area contributed by atoms with Gasteiger partial charge in [0.2, 0.25) is 0 Å². The first-order valence-electron chi connectivity index (χ1n) is 7.05. The molecule has 0 radical (unpaired) electrons. The van der Waals surface area contributed by atoms with Crippen LogP contribution in [0.3, 0.4) is 0 Å². The van der Waals surface area contributed by atoms with Crippen molar-refractivity contribution in [2.45, 2.75) is 12.5 Å². The van der Waals surface area contributed by atoms with Gasteiger partial charge in [0, 0.05) is 12.0 Å². The third kappa shape index (κ3) is 2.57. The predicted molar refractivity (Wildman–Crippen MR) is 84.7 cm³/mol. The summed E-state index contributed by atoms with van der Waals surface area (Å²) in [5.41, 5.74) is 5.79. The van der Waals surface area contributed by atoms with Crippen LogP contribution in [-0.2, 0) is 0 Å². The second-order valence-electron chi connectivity index (χ2n) is 5.08. The minimum absolute atomic E-state index is 0.0504. The number of hydrogen-bond donors (Lipinski definition) is 2. The fourth-order valence-corrected chi connectivity index (χ4v) is 2.59. The molecular weight excluding hydrogens is 280 g/mol. The molecule has 1 aliphatic heterocycles. The van der Waals surface area contributed by atoms with Crippen molar-refractivity contribution in [3.63, 3.8) is 0 Å². The molecule has 0 amide bonds. The number of hydrogen-bond acceptors (Lipinski definition) is 5. The van der Waals surface area contributed by atoms with Gasteiger partial charge < -0.3 is 20.0 Å². The standard InChI is InChI=1S/C17H18N2O3/c1-21-16-8-7-11(9-17(16)22-2)13-10-14(19-18-13)12-5-3-4-6-15(12)20/h3-9,13,18,20H,10H2,1-2H3. The summed E-state index contributed by atoms with van der Waals surface area (Å²) in [5.74, 6) is 1.64. The highest BCUT2D eigenvalue weighted by Gasteiger charge is 2.23. The molecule has 1 aliphatic rings. The van der Waals surface area contributed by atoms with Crippen LogP contribution in [0.2, 0.25) is 0 Å². The molecule has 0 aliphatic carbocycles. The predicted octanol–water partition coefficient (Wildman–Crippen LogP) is 2.85. The number of hydrazone groups is 1. The van der Waals surface area contributed by atoms with Gasteiger partial charge in [0.25, 0.3) is 0 Å². The van der Waals surface area contributed by atoms with Gasteiger partial charge in [0.1, 0.15) is 5.75 Å².